The molecule has 2 aliphatic rings. The fourth-order valence-electron chi connectivity index (χ4n) is 3.49. The van der Waals surface area contributed by atoms with Crippen molar-refractivity contribution in [1.82, 2.24) is 4.90 Å². The fourth-order valence-corrected chi connectivity index (χ4v) is 3.69. The summed E-state index contributed by atoms with van der Waals surface area (Å²) >= 11 is 6.16. The molecule has 120 valence electrons. The van der Waals surface area contributed by atoms with Crippen molar-refractivity contribution in [3.8, 4) is 6.07 Å². The van der Waals surface area contributed by atoms with Gasteiger partial charge in [0.15, 0.2) is 0 Å². The van der Waals surface area contributed by atoms with Gasteiger partial charge in [-0.15, -0.1) is 0 Å². The van der Waals surface area contributed by atoms with Crippen LogP contribution in [0.15, 0.2) is 12.1 Å². The van der Waals surface area contributed by atoms with Crippen molar-refractivity contribution in [2.45, 2.75) is 37.8 Å². The average Bonchev–Trinajstić information content (AvgIpc) is 3.00. The number of aliphatic hydroxyl groups excluding tert-OH is 1. The molecule has 1 aromatic carbocycles. The van der Waals surface area contributed by atoms with Crippen molar-refractivity contribution >= 4 is 29.2 Å². The van der Waals surface area contributed by atoms with E-state index in [2.05, 4.69) is 0 Å². The van der Waals surface area contributed by atoms with Gasteiger partial charge in [-0.1, -0.05) is 11.6 Å². The van der Waals surface area contributed by atoms with Crippen LogP contribution in [0.3, 0.4) is 0 Å². The minimum atomic E-state index is -0.983. The number of benzene rings is 1. The standard InChI is InChI=1S/C16H16ClN3O3/c1-9-12(4-3-10(8-18)13(9)17)20-14(22)16(19(2)15(20)23)6-5-11(21)7-16/h3-4,11,21H,5-7H2,1-2H3/t11-,16-/m1/s1. The topological polar surface area (TPSA) is 84.6 Å². The van der Waals surface area contributed by atoms with E-state index in [1.54, 1.807) is 20.0 Å². The van der Waals surface area contributed by atoms with Crippen LogP contribution >= 0.6 is 11.6 Å². The summed E-state index contributed by atoms with van der Waals surface area (Å²) in [6.07, 6.45) is 0.590. The molecule has 0 radical (unpaired) electrons. The quantitative estimate of drug-likeness (QED) is 0.798. The molecule has 0 unspecified atom stereocenters. The number of hydrogen-bond acceptors (Lipinski definition) is 4. The molecule has 1 aliphatic heterocycles. The van der Waals surface area contributed by atoms with Crippen molar-refractivity contribution in [1.29, 1.82) is 5.26 Å². The van der Waals surface area contributed by atoms with Crippen molar-refractivity contribution < 1.29 is 14.7 Å². The third-order valence-corrected chi connectivity index (χ3v) is 5.39. The Hall–Kier alpha value is -2.10. The van der Waals surface area contributed by atoms with Crippen molar-refractivity contribution in [3.63, 3.8) is 0 Å². The SMILES string of the molecule is Cc1c(N2C(=O)N(C)[C@@]3(CC[C@@H](O)C3)C2=O)ccc(C#N)c1Cl. The first-order chi connectivity index (χ1) is 10.8. The molecule has 7 heteroatoms. The van der Waals surface area contributed by atoms with Crippen LogP contribution in [0.1, 0.15) is 30.4 Å². The molecule has 3 amide bonds. The predicted molar refractivity (Wildman–Crippen MR) is 84.1 cm³/mol. The summed E-state index contributed by atoms with van der Waals surface area (Å²) in [7, 11) is 1.58. The maximum absolute atomic E-state index is 13.0. The van der Waals surface area contributed by atoms with Crippen LogP contribution in [0.5, 0.6) is 0 Å². The Morgan fingerprint density at radius 3 is 2.70 bits per heavy atom. The lowest BCUT2D eigenvalue weighted by atomic mass is 9.95. The lowest BCUT2D eigenvalue weighted by Crippen LogP contribution is -2.46. The molecule has 3 rings (SSSR count). The minimum absolute atomic E-state index is 0.237. The first-order valence-electron chi connectivity index (χ1n) is 7.33. The van der Waals surface area contributed by atoms with Crippen LogP contribution in [0.25, 0.3) is 0 Å². The van der Waals surface area contributed by atoms with E-state index in [-0.39, 0.29) is 17.4 Å². The Morgan fingerprint density at radius 2 is 2.13 bits per heavy atom. The number of urea groups is 1. The Bertz CT molecular complexity index is 758. The van der Waals surface area contributed by atoms with Gasteiger partial charge < -0.3 is 10.0 Å². The monoisotopic (exact) mass is 333 g/mol. The molecule has 2 fully saturated rings. The zero-order valence-electron chi connectivity index (χ0n) is 12.8. The van der Waals surface area contributed by atoms with Crippen molar-refractivity contribution in [2.75, 3.05) is 11.9 Å². The molecule has 0 aromatic heterocycles. The third kappa shape index (κ3) is 2.04. The number of anilines is 1. The lowest BCUT2D eigenvalue weighted by Gasteiger charge is -2.27. The Kier molecular flexibility index (Phi) is 3.58. The molecular weight excluding hydrogens is 318 g/mol. The molecule has 2 atom stereocenters. The van der Waals surface area contributed by atoms with Gasteiger partial charge in [0.2, 0.25) is 0 Å². The number of likely N-dealkylation sites (N-methyl/N-ethyl adjacent to an activating group) is 1. The summed E-state index contributed by atoms with van der Waals surface area (Å²) in [4.78, 5) is 28.1. The number of halogens is 1. The number of amides is 3. The number of hydrogen-bond donors (Lipinski definition) is 1. The molecule has 23 heavy (non-hydrogen) atoms. The molecule has 1 N–H and O–H groups in total. The van der Waals surface area contributed by atoms with E-state index in [1.807, 2.05) is 6.07 Å². The fraction of sp³-hybridized carbons (Fsp3) is 0.438. The third-order valence-electron chi connectivity index (χ3n) is 4.91. The lowest BCUT2D eigenvalue weighted by molar-refractivity contribution is -0.124. The number of imide groups is 1. The van der Waals surface area contributed by atoms with Crippen LogP contribution in [0, 0.1) is 18.3 Å². The number of carbonyl (C=O) groups is 2. The van der Waals surface area contributed by atoms with E-state index in [0.717, 1.165) is 4.90 Å². The number of nitriles is 1. The second-order valence-corrected chi connectivity index (χ2v) is 6.47. The smallest absolute Gasteiger partial charge is 0.332 e. The Labute approximate surface area is 138 Å². The molecule has 0 bridgehead atoms. The molecule has 1 saturated heterocycles. The molecule has 6 nitrogen and oxygen atoms in total. The summed E-state index contributed by atoms with van der Waals surface area (Å²) in [5.74, 6) is -0.342. The average molecular weight is 334 g/mol. The van der Waals surface area contributed by atoms with Gasteiger partial charge >= 0.3 is 6.03 Å². The number of carbonyl (C=O) groups excluding carboxylic acids is 2. The Balaban J connectivity index is 2.09. The van der Waals surface area contributed by atoms with E-state index in [1.165, 1.54) is 11.0 Å². The number of aliphatic hydroxyl groups is 1. The van der Waals surface area contributed by atoms with Crippen LogP contribution in [-0.4, -0.2) is 40.6 Å². The molecule has 1 aromatic rings. The normalized spacial score (nSPS) is 27.2. The summed E-state index contributed by atoms with van der Waals surface area (Å²) in [5, 5.41) is 19.1. The molecule has 1 aliphatic carbocycles. The second kappa shape index (κ2) is 5.22. The van der Waals surface area contributed by atoms with Gasteiger partial charge in [-0.25, -0.2) is 9.69 Å². The predicted octanol–water partition coefficient (Wildman–Crippen LogP) is 2.20. The van der Waals surface area contributed by atoms with E-state index in [4.69, 9.17) is 16.9 Å². The van der Waals surface area contributed by atoms with Gasteiger partial charge in [0, 0.05) is 13.5 Å². The van der Waals surface area contributed by atoms with Crippen molar-refractivity contribution in [2.24, 2.45) is 0 Å². The van der Waals surface area contributed by atoms with Crippen LogP contribution < -0.4 is 4.90 Å². The molecule has 1 heterocycles. The van der Waals surface area contributed by atoms with Gasteiger partial charge in [-0.05, 0) is 37.5 Å². The van der Waals surface area contributed by atoms with Crippen molar-refractivity contribution in [3.05, 3.63) is 28.3 Å². The highest BCUT2D eigenvalue weighted by molar-refractivity contribution is 6.33. The van der Waals surface area contributed by atoms with Crippen LogP contribution in [0.2, 0.25) is 5.02 Å². The molecular formula is C16H16ClN3O3. The number of nitrogens with zero attached hydrogens (tertiary/aromatic N) is 3. The zero-order chi connectivity index (χ0) is 16.9. The van der Waals surface area contributed by atoms with E-state index < -0.39 is 17.7 Å². The largest absolute Gasteiger partial charge is 0.393 e. The van der Waals surface area contributed by atoms with Gasteiger partial charge in [-0.2, -0.15) is 5.26 Å². The minimum Gasteiger partial charge on any atom is -0.393 e. The molecule has 1 spiro atoms. The summed E-state index contributed by atoms with van der Waals surface area (Å²) in [5.41, 5.74) is 0.209. The summed E-state index contributed by atoms with van der Waals surface area (Å²) in [6.45, 7) is 1.67. The number of rotatable bonds is 1. The summed E-state index contributed by atoms with van der Waals surface area (Å²) in [6, 6.07) is 4.60. The second-order valence-electron chi connectivity index (χ2n) is 6.09. The first-order valence-corrected chi connectivity index (χ1v) is 7.71. The summed E-state index contributed by atoms with van der Waals surface area (Å²) < 4.78 is 0. The van der Waals surface area contributed by atoms with Gasteiger partial charge in [0.05, 0.1) is 22.4 Å². The van der Waals surface area contributed by atoms with E-state index in [0.29, 0.717) is 29.7 Å². The maximum Gasteiger partial charge on any atom is 0.332 e. The first kappa shape index (κ1) is 15.8. The zero-order valence-corrected chi connectivity index (χ0v) is 13.6. The Morgan fingerprint density at radius 1 is 1.43 bits per heavy atom. The van der Waals surface area contributed by atoms with E-state index >= 15 is 0 Å². The highest BCUT2D eigenvalue weighted by Crippen LogP contribution is 2.44. The van der Waals surface area contributed by atoms with Gasteiger partial charge in [0.1, 0.15) is 11.6 Å². The van der Waals surface area contributed by atoms with Gasteiger partial charge in [-0.3, -0.25) is 4.79 Å². The van der Waals surface area contributed by atoms with Gasteiger partial charge in [0.25, 0.3) is 5.91 Å². The molecule has 1 saturated carbocycles. The highest BCUT2D eigenvalue weighted by Gasteiger charge is 2.59. The highest BCUT2D eigenvalue weighted by atomic mass is 35.5. The maximum atomic E-state index is 13.0. The van der Waals surface area contributed by atoms with E-state index in [9.17, 15) is 14.7 Å². The van der Waals surface area contributed by atoms with Crippen LogP contribution in [0.4, 0.5) is 10.5 Å². The van der Waals surface area contributed by atoms with Crippen LogP contribution in [-0.2, 0) is 4.79 Å².